The summed E-state index contributed by atoms with van der Waals surface area (Å²) in [6.45, 7) is -0.136. The largest absolute Gasteiger partial charge is 0.465 e. The van der Waals surface area contributed by atoms with E-state index in [0.717, 1.165) is 0 Å². The molecule has 4 nitrogen and oxygen atoms in total. The van der Waals surface area contributed by atoms with Crippen LogP contribution < -0.4 is 5.32 Å². The summed E-state index contributed by atoms with van der Waals surface area (Å²) in [7, 11) is 0. The van der Waals surface area contributed by atoms with Crippen LogP contribution in [0.1, 0.15) is 6.42 Å². The van der Waals surface area contributed by atoms with Gasteiger partial charge in [0.1, 0.15) is 0 Å². The van der Waals surface area contributed by atoms with Gasteiger partial charge in [-0.25, -0.2) is 4.79 Å². The Labute approximate surface area is 86.0 Å². The maximum atomic E-state index is 11.1. The van der Waals surface area contributed by atoms with Gasteiger partial charge < -0.3 is 10.4 Å². The molecule has 0 aliphatic heterocycles. The van der Waals surface area contributed by atoms with Crippen LogP contribution in [0.5, 0.6) is 0 Å². The van der Waals surface area contributed by atoms with Gasteiger partial charge in [0.15, 0.2) is 5.78 Å². The molecule has 6 heteroatoms. The number of thioether (sulfide) groups is 1. The van der Waals surface area contributed by atoms with Gasteiger partial charge >= 0.3 is 6.09 Å². The molecule has 2 N–H and O–H groups in total. The highest BCUT2D eigenvalue weighted by molar-refractivity contribution is 7.99. The van der Waals surface area contributed by atoms with Gasteiger partial charge in [0, 0.05) is 17.6 Å². The quantitative estimate of drug-likeness (QED) is 0.667. The fourth-order valence-electron chi connectivity index (χ4n) is 0.701. The molecule has 0 aliphatic carbocycles. The third-order valence-electron chi connectivity index (χ3n) is 1.40. The van der Waals surface area contributed by atoms with Crippen LogP contribution in [0.2, 0.25) is 0 Å². The number of carboxylic acid groups (broad SMARTS) is 1. The SMILES string of the molecule is CSC(CCl)CC(=O)CNC(=O)O. The molecule has 0 bridgehead atoms. The van der Waals surface area contributed by atoms with Crippen molar-refractivity contribution in [3.8, 4) is 0 Å². The average molecular weight is 226 g/mol. The molecule has 0 saturated carbocycles. The number of carbonyl (C=O) groups excluding carboxylic acids is 1. The summed E-state index contributed by atoms with van der Waals surface area (Å²) >= 11 is 7.07. The topological polar surface area (TPSA) is 66.4 Å². The lowest BCUT2D eigenvalue weighted by Crippen LogP contribution is -2.29. The van der Waals surface area contributed by atoms with E-state index in [1.54, 1.807) is 0 Å². The molecule has 0 aromatic rings. The van der Waals surface area contributed by atoms with Crippen molar-refractivity contribution in [3.05, 3.63) is 0 Å². The second-order valence-corrected chi connectivity index (χ2v) is 3.86. The minimum absolute atomic E-state index is 0.0739. The minimum Gasteiger partial charge on any atom is -0.465 e. The Morgan fingerprint density at radius 1 is 1.62 bits per heavy atom. The second kappa shape index (κ2) is 7.03. The predicted molar refractivity (Wildman–Crippen MR) is 53.7 cm³/mol. The van der Waals surface area contributed by atoms with Crippen LogP contribution >= 0.6 is 23.4 Å². The van der Waals surface area contributed by atoms with Crippen molar-refractivity contribution in [2.75, 3.05) is 18.7 Å². The first-order chi connectivity index (χ1) is 6.10. The maximum absolute atomic E-state index is 11.1. The fraction of sp³-hybridized carbons (Fsp3) is 0.714. The third kappa shape index (κ3) is 6.72. The zero-order valence-corrected chi connectivity index (χ0v) is 8.82. The van der Waals surface area contributed by atoms with E-state index in [1.165, 1.54) is 11.8 Å². The smallest absolute Gasteiger partial charge is 0.405 e. The first-order valence-corrected chi connectivity index (χ1v) is 5.49. The summed E-state index contributed by atoms with van der Waals surface area (Å²) in [6, 6.07) is 0. The first-order valence-electron chi connectivity index (χ1n) is 3.67. The Balaban J connectivity index is 3.66. The Morgan fingerprint density at radius 3 is 2.62 bits per heavy atom. The van der Waals surface area contributed by atoms with E-state index < -0.39 is 6.09 Å². The van der Waals surface area contributed by atoms with E-state index in [2.05, 4.69) is 0 Å². The van der Waals surface area contributed by atoms with Crippen molar-refractivity contribution in [1.29, 1.82) is 0 Å². The van der Waals surface area contributed by atoms with E-state index >= 15 is 0 Å². The van der Waals surface area contributed by atoms with Crippen LogP contribution in [0.15, 0.2) is 0 Å². The number of nitrogens with one attached hydrogen (secondary N) is 1. The highest BCUT2D eigenvalue weighted by Crippen LogP contribution is 2.12. The molecule has 76 valence electrons. The summed E-state index contributed by atoms with van der Waals surface area (Å²) in [5, 5.41) is 10.3. The van der Waals surface area contributed by atoms with Crippen LogP contribution in [-0.4, -0.2) is 40.9 Å². The standard InChI is InChI=1S/C7H12ClNO3S/c1-13-6(3-8)2-5(10)4-9-7(11)12/h6,9H,2-4H2,1H3,(H,11,12). The van der Waals surface area contributed by atoms with Crippen molar-refractivity contribution in [3.63, 3.8) is 0 Å². The summed E-state index contributed by atoms with van der Waals surface area (Å²) in [6.07, 6.45) is 0.996. The molecule has 1 unspecified atom stereocenters. The third-order valence-corrected chi connectivity index (χ3v) is 2.95. The van der Waals surface area contributed by atoms with Crippen molar-refractivity contribution >= 4 is 35.2 Å². The monoisotopic (exact) mass is 225 g/mol. The molecule has 0 aromatic heterocycles. The van der Waals surface area contributed by atoms with Gasteiger partial charge in [-0.3, -0.25) is 4.79 Å². The van der Waals surface area contributed by atoms with Gasteiger partial charge in [0.25, 0.3) is 0 Å². The number of rotatable bonds is 6. The fourth-order valence-corrected chi connectivity index (χ4v) is 1.67. The molecule has 0 aliphatic rings. The molecule has 1 atom stereocenters. The number of amides is 1. The highest BCUT2D eigenvalue weighted by atomic mass is 35.5. The van der Waals surface area contributed by atoms with E-state index in [4.69, 9.17) is 16.7 Å². The number of halogens is 1. The number of alkyl halides is 1. The number of Topliss-reactive ketones (excluding diaryl/α,β-unsaturated/α-hetero) is 1. The molecular formula is C7H12ClNO3S. The summed E-state index contributed by atoms with van der Waals surface area (Å²) in [5.74, 6) is 0.266. The van der Waals surface area contributed by atoms with Crippen molar-refractivity contribution in [2.24, 2.45) is 0 Å². The molecule has 1 amide bonds. The van der Waals surface area contributed by atoms with Crippen molar-refractivity contribution < 1.29 is 14.7 Å². The van der Waals surface area contributed by atoms with Crippen LogP contribution in [0.3, 0.4) is 0 Å². The average Bonchev–Trinajstić information content (AvgIpc) is 2.10. The first kappa shape index (κ1) is 12.6. The molecular weight excluding hydrogens is 214 g/mol. The van der Waals surface area contributed by atoms with Gasteiger partial charge in [0.2, 0.25) is 0 Å². The van der Waals surface area contributed by atoms with Crippen LogP contribution in [0.4, 0.5) is 4.79 Å². The summed E-state index contributed by atoms with van der Waals surface area (Å²) < 4.78 is 0. The number of hydrogen-bond donors (Lipinski definition) is 2. The van der Waals surface area contributed by atoms with E-state index in [9.17, 15) is 9.59 Å². The van der Waals surface area contributed by atoms with Crippen LogP contribution in [0.25, 0.3) is 0 Å². The lowest BCUT2D eigenvalue weighted by molar-refractivity contribution is -0.118. The van der Waals surface area contributed by atoms with Crippen LogP contribution in [0, 0.1) is 0 Å². The van der Waals surface area contributed by atoms with E-state index in [0.29, 0.717) is 12.3 Å². The van der Waals surface area contributed by atoms with Crippen molar-refractivity contribution in [2.45, 2.75) is 11.7 Å². The van der Waals surface area contributed by atoms with Gasteiger partial charge in [0.05, 0.1) is 6.54 Å². The Bertz CT molecular complexity index is 185. The molecule has 13 heavy (non-hydrogen) atoms. The molecule has 0 rings (SSSR count). The Morgan fingerprint density at radius 2 is 2.23 bits per heavy atom. The normalized spacial score (nSPS) is 12.2. The zero-order valence-electron chi connectivity index (χ0n) is 7.25. The predicted octanol–water partition coefficient (Wildman–Crippen LogP) is 1.18. The van der Waals surface area contributed by atoms with Gasteiger partial charge in [-0.2, -0.15) is 11.8 Å². The summed E-state index contributed by atoms with van der Waals surface area (Å²) in [4.78, 5) is 21.1. The number of carbonyl (C=O) groups is 2. The van der Waals surface area contributed by atoms with Gasteiger partial charge in [-0.15, -0.1) is 11.6 Å². The molecule has 0 spiro atoms. The second-order valence-electron chi connectivity index (χ2n) is 2.41. The highest BCUT2D eigenvalue weighted by Gasteiger charge is 2.11. The molecule has 0 saturated heterocycles. The molecule has 0 aromatic carbocycles. The molecule has 0 heterocycles. The number of ketones is 1. The molecule has 0 radical (unpaired) electrons. The Hall–Kier alpha value is -0.420. The van der Waals surface area contributed by atoms with Gasteiger partial charge in [-0.05, 0) is 6.26 Å². The minimum atomic E-state index is -1.18. The van der Waals surface area contributed by atoms with Crippen LogP contribution in [-0.2, 0) is 4.79 Å². The summed E-state index contributed by atoms with van der Waals surface area (Å²) in [5.41, 5.74) is 0. The van der Waals surface area contributed by atoms with E-state index in [1.807, 2.05) is 11.6 Å². The van der Waals surface area contributed by atoms with Gasteiger partial charge in [-0.1, -0.05) is 0 Å². The lowest BCUT2D eigenvalue weighted by Gasteiger charge is -2.08. The Kier molecular flexibility index (Phi) is 6.80. The number of hydrogen-bond acceptors (Lipinski definition) is 3. The lowest BCUT2D eigenvalue weighted by atomic mass is 10.2. The van der Waals surface area contributed by atoms with Crippen molar-refractivity contribution in [1.82, 2.24) is 5.32 Å². The van der Waals surface area contributed by atoms with E-state index in [-0.39, 0.29) is 17.6 Å². The zero-order chi connectivity index (χ0) is 10.3. The maximum Gasteiger partial charge on any atom is 0.405 e. The molecule has 0 fully saturated rings.